The Hall–Kier alpha value is -2.30. The van der Waals surface area contributed by atoms with Crippen molar-refractivity contribution in [3.63, 3.8) is 0 Å². The molecule has 1 fully saturated rings. The summed E-state index contributed by atoms with van der Waals surface area (Å²) in [6.07, 6.45) is -0.357. The van der Waals surface area contributed by atoms with Gasteiger partial charge in [-0.15, -0.1) is 0 Å². The van der Waals surface area contributed by atoms with Crippen LogP contribution in [0.5, 0.6) is 0 Å². The van der Waals surface area contributed by atoms with Crippen LogP contribution in [0.15, 0.2) is 30.3 Å². The quantitative estimate of drug-likeness (QED) is 0.932. The van der Waals surface area contributed by atoms with E-state index in [1.165, 1.54) is 5.56 Å². The van der Waals surface area contributed by atoms with Crippen molar-refractivity contribution in [1.82, 2.24) is 15.1 Å². The lowest BCUT2D eigenvalue weighted by Crippen LogP contribution is -2.19. The zero-order valence-corrected chi connectivity index (χ0v) is 11.6. The molecule has 1 saturated heterocycles. The first kappa shape index (κ1) is 12.7. The van der Waals surface area contributed by atoms with E-state index in [1.807, 2.05) is 36.7 Å². The van der Waals surface area contributed by atoms with Gasteiger partial charge in [0.15, 0.2) is 0 Å². The summed E-state index contributed by atoms with van der Waals surface area (Å²) in [7, 11) is 0. The van der Waals surface area contributed by atoms with Gasteiger partial charge in [-0.2, -0.15) is 5.10 Å². The smallest absolute Gasteiger partial charge is 0.407 e. The van der Waals surface area contributed by atoms with E-state index < -0.39 is 0 Å². The van der Waals surface area contributed by atoms with Crippen LogP contribution in [0.3, 0.4) is 0 Å². The topological polar surface area (TPSA) is 56.2 Å². The van der Waals surface area contributed by atoms with E-state index in [1.54, 1.807) is 0 Å². The second kappa shape index (κ2) is 5.00. The fourth-order valence-corrected chi connectivity index (χ4v) is 2.67. The van der Waals surface area contributed by atoms with Gasteiger partial charge in [-0.25, -0.2) is 4.79 Å². The largest absolute Gasteiger partial charge is 0.447 e. The number of rotatable bonds is 3. The maximum atomic E-state index is 11.2. The minimum absolute atomic E-state index is 0.0907. The molecule has 1 atom stereocenters. The van der Waals surface area contributed by atoms with E-state index in [-0.39, 0.29) is 12.1 Å². The van der Waals surface area contributed by atoms with Crippen LogP contribution in [0, 0.1) is 13.8 Å². The standard InChI is InChI=1S/C15H17N3O2/c1-10-14(13-9-20-15(19)16-13)11(2)18(17-10)8-12-6-4-3-5-7-12/h3-7,13H,8-9H2,1-2H3,(H,16,19). The molecule has 1 N–H and O–H groups in total. The molecule has 5 nitrogen and oxygen atoms in total. The number of alkyl carbamates (subject to hydrolysis) is 1. The van der Waals surface area contributed by atoms with E-state index in [0.717, 1.165) is 23.5 Å². The molecular weight excluding hydrogens is 254 g/mol. The van der Waals surface area contributed by atoms with Gasteiger partial charge in [0.05, 0.1) is 18.3 Å². The molecule has 0 spiro atoms. The lowest BCUT2D eigenvalue weighted by atomic mass is 10.1. The number of ether oxygens (including phenoxy) is 1. The Kier molecular flexibility index (Phi) is 3.18. The second-order valence-electron chi connectivity index (χ2n) is 5.02. The number of aromatic nitrogens is 2. The normalized spacial score (nSPS) is 17.9. The van der Waals surface area contributed by atoms with E-state index >= 15 is 0 Å². The molecule has 1 aromatic carbocycles. The number of hydrogen-bond donors (Lipinski definition) is 1. The molecule has 1 aromatic heterocycles. The molecule has 20 heavy (non-hydrogen) atoms. The summed E-state index contributed by atoms with van der Waals surface area (Å²) in [4.78, 5) is 11.2. The summed E-state index contributed by atoms with van der Waals surface area (Å²) < 4.78 is 6.95. The third kappa shape index (κ3) is 2.27. The lowest BCUT2D eigenvalue weighted by Gasteiger charge is -2.09. The summed E-state index contributed by atoms with van der Waals surface area (Å²) in [5.41, 5.74) is 4.28. The molecular formula is C15H17N3O2. The molecule has 2 aromatic rings. The van der Waals surface area contributed by atoms with E-state index in [0.29, 0.717) is 6.61 Å². The van der Waals surface area contributed by atoms with Crippen LogP contribution in [-0.4, -0.2) is 22.5 Å². The Morgan fingerprint density at radius 1 is 1.35 bits per heavy atom. The van der Waals surface area contributed by atoms with Crippen LogP contribution < -0.4 is 5.32 Å². The minimum atomic E-state index is -0.357. The molecule has 1 aliphatic rings. The monoisotopic (exact) mass is 271 g/mol. The number of nitrogens with zero attached hydrogens (tertiary/aromatic N) is 2. The average molecular weight is 271 g/mol. The molecule has 3 rings (SSSR count). The Labute approximate surface area is 117 Å². The van der Waals surface area contributed by atoms with Crippen molar-refractivity contribution in [2.24, 2.45) is 0 Å². The van der Waals surface area contributed by atoms with Gasteiger partial charge in [0, 0.05) is 11.3 Å². The highest BCUT2D eigenvalue weighted by atomic mass is 16.6. The predicted molar refractivity (Wildman–Crippen MR) is 74.5 cm³/mol. The molecule has 2 heterocycles. The van der Waals surface area contributed by atoms with Gasteiger partial charge in [-0.05, 0) is 19.4 Å². The summed E-state index contributed by atoms with van der Waals surface area (Å²) >= 11 is 0. The Morgan fingerprint density at radius 3 is 2.75 bits per heavy atom. The van der Waals surface area contributed by atoms with Crippen LogP contribution in [-0.2, 0) is 11.3 Å². The fraction of sp³-hybridized carbons (Fsp3) is 0.333. The maximum Gasteiger partial charge on any atom is 0.407 e. The predicted octanol–water partition coefficient (Wildman–Crippen LogP) is 2.33. The van der Waals surface area contributed by atoms with Gasteiger partial charge in [-0.3, -0.25) is 4.68 Å². The van der Waals surface area contributed by atoms with Gasteiger partial charge in [0.1, 0.15) is 6.61 Å². The van der Waals surface area contributed by atoms with Crippen LogP contribution in [0.4, 0.5) is 4.79 Å². The highest BCUT2D eigenvalue weighted by molar-refractivity contribution is 5.70. The van der Waals surface area contributed by atoms with Crippen molar-refractivity contribution in [3.05, 3.63) is 52.8 Å². The molecule has 1 unspecified atom stereocenters. The van der Waals surface area contributed by atoms with E-state index in [4.69, 9.17) is 4.74 Å². The first-order valence-corrected chi connectivity index (χ1v) is 6.66. The first-order valence-electron chi connectivity index (χ1n) is 6.66. The highest BCUT2D eigenvalue weighted by Crippen LogP contribution is 2.25. The first-order chi connectivity index (χ1) is 9.65. The molecule has 0 aliphatic carbocycles. The molecule has 0 radical (unpaired) electrons. The van der Waals surface area contributed by atoms with E-state index in [2.05, 4.69) is 22.5 Å². The van der Waals surface area contributed by atoms with Crippen molar-refractivity contribution < 1.29 is 9.53 Å². The van der Waals surface area contributed by atoms with Gasteiger partial charge >= 0.3 is 6.09 Å². The number of aryl methyl sites for hydroxylation is 1. The van der Waals surface area contributed by atoms with Crippen molar-refractivity contribution in [1.29, 1.82) is 0 Å². The minimum Gasteiger partial charge on any atom is -0.447 e. The molecule has 1 amide bonds. The molecule has 1 aliphatic heterocycles. The Balaban J connectivity index is 1.89. The van der Waals surface area contributed by atoms with Crippen molar-refractivity contribution in [2.45, 2.75) is 26.4 Å². The zero-order chi connectivity index (χ0) is 14.1. The third-order valence-corrected chi connectivity index (χ3v) is 3.63. The summed E-state index contributed by atoms with van der Waals surface area (Å²) in [5, 5.41) is 7.40. The zero-order valence-electron chi connectivity index (χ0n) is 11.6. The van der Waals surface area contributed by atoms with E-state index in [9.17, 15) is 4.79 Å². The second-order valence-corrected chi connectivity index (χ2v) is 5.02. The van der Waals surface area contributed by atoms with Gasteiger partial charge in [0.25, 0.3) is 0 Å². The summed E-state index contributed by atoms with van der Waals surface area (Å²) in [5.74, 6) is 0. The maximum absolute atomic E-state index is 11.2. The van der Waals surface area contributed by atoms with Crippen LogP contribution in [0.2, 0.25) is 0 Å². The van der Waals surface area contributed by atoms with Crippen molar-refractivity contribution in [2.75, 3.05) is 6.61 Å². The summed E-state index contributed by atoms with van der Waals surface area (Å²) in [6, 6.07) is 10.1. The summed E-state index contributed by atoms with van der Waals surface area (Å²) in [6.45, 7) is 5.10. The van der Waals surface area contributed by atoms with Gasteiger partial charge in [0.2, 0.25) is 0 Å². The third-order valence-electron chi connectivity index (χ3n) is 3.63. The Morgan fingerprint density at radius 2 is 2.10 bits per heavy atom. The van der Waals surface area contributed by atoms with Crippen molar-refractivity contribution >= 4 is 6.09 Å². The molecule has 0 bridgehead atoms. The average Bonchev–Trinajstić information content (AvgIpc) is 2.96. The van der Waals surface area contributed by atoms with Crippen LogP contribution >= 0.6 is 0 Å². The molecule has 0 saturated carbocycles. The van der Waals surface area contributed by atoms with Crippen LogP contribution in [0.1, 0.15) is 28.6 Å². The number of amides is 1. The van der Waals surface area contributed by atoms with Crippen LogP contribution in [0.25, 0.3) is 0 Å². The number of benzene rings is 1. The van der Waals surface area contributed by atoms with Gasteiger partial charge < -0.3 is 10.1 Å². The Bertz CT molecular complexity index is 634. The highest BCUT2D eigenvalue weighted by Gasteiger charge is 2.29. The number of carbonyl (C=O) groups excluding carboxylic acids is 1. The number of carbonyl (C=O) groups is 1. The molecule has 104 valence electrons. The fourth-order valence-electron chi connectivity index (χ4n) is 2.67. The van der Waals surface area contributed by atoms with Crippen molar-refractivity contribution in [3.8, 4) is 0 Å². The number of cyclic esters (lactones) is 1. The number of hydrogen-bond acceptors (Lipinski definition) is 3. The molecule has 5 heteroatoms. The SMILES string of the molecule is Cc1nn(Cc2ccccc2)c(C)c1C1COC(=O)N1. The number of nitrogens with one attached hydrogen (secondary N) is 1. The lowest BCUT2D eigenvalue weighted by molar-refractivity contribution is 0.177. The van der Waals surface area contributed by atoms with Gasteiger partial charge in [-0.1, -0.05) is 30.3 Å².